The van der Waals surface area contributed by atoms with E-state index in [4.69, 9.17) is 50.8 Å². The number of nitrogens with zero attached hydrogens (tertiary/aromatic N) is 18. The van der Waals surface area contributed by atoms with Gasteiger partial charge >= 0.3 is 0 Å². The Morgan fingerprint density at radius 3 is 0.573 bits per heavy atom. The zero-order valence-electron chi connectivity index (χ0n) is 50.6. The summed E-state index contributed by atoms with van der Waals surface area (Å²) in [5.41, 5.74) is 17.1. The SMILES string of the molecule is c1cnc2c(c1)-c1c(c(-n3cc4ccccc4n3)c(-n3cc4ccccc4n3)c(-n3cc4ccccc4n3)c1-n1cc3ccccc3n1)-c1ncccc1-c1c-2c(-n2cc3ccccc3n2)c(-n2cc3ccccc3n2)c(-n2cc3ccccc3n2)c1-n1cc2ccccc2n1. The molecular weight excluding hydrogens is 1190 g/mol. The molecule has 0 spiro atoms. The van der Waals surface area contributed by atoms with Crippen LogP contribution >= 0.6 is 0 Å². The molecule has 0 N–H and O–H groups in total. The van der Waals surface area contributed by atoms with Gasteiger partial charge in [0.1, 0.15) is 45.5 Å². The van der Waals surface area contributed by atoms with Crippen LogP contribution in [0.1, 0.15) is 0 Å². The van der Waals surface area contributed by atoms with Gasteiger partial charge in [0, 0.05) is 138 Å². The van der Waals surface area contributed by atoms with Gasteiger partial charge in [-0.3, -0.25) is 9.97 Å². The van der Waals surface area contributed by atoms with Crippen LogP contribution in [0.5, 0.6) is 0 Å². The molecule has 0 saturated heterocycles. The standard InChI is InChI=1S/C78H46N18/c1-9-29-57-47(19-1)39-89(81-57)71-65-55-27-17-37-79-69(55)68-66(56-28-18-38-80-70(56)67(65)73(91-41-49-21-3-11-31-59(49)83-91)77(95-45-53-25-7-15-35-63(53)87-95)75(71)93-43-51-23-5-13-33-61(51)85-93)72(90-40-48-20-2-10-30-58(48)82-90)76(94-44-52-24-6-14-34-62(52)86-94)78(96-46-54-26-8-16-36-64(54)88-96)74(68)92-42-50-22-4-12-32-60(50)84-92/h1-46H. The van der Waals surface area contributed by atoms with E-state index in [-0.39, 0.29) is 0 Å². The van der Waals surface area contributed by atoms with Gasteiger partial charge in [0.2, 0.25) is 0 Å². The molecule has 96 heavy (non-hydrogen) atoms. The molecule has 20 aromatic rings. The second-order valence-electron chi connectivity index (χ2n) is 24.1. The molecule has 1 aliphatic rings. The highest BCUT2D eigenvalue weighted by Gasteiger charge is 2.41. The van der Waals surface area contributed by atoms with Gasteiger partial charge in [-0.1, -0.05) is 158 Å². The van der Waals surface area contributed by atoms with E-state index in [0.717, 1.165) is 109 Å². The van der Waals surface area contributed by atoms with Crippen molar-refractivity contribution >= 4 is 87.2 Å². The highest BCUT2D eigenvalue weighted by atomic mass is 15.4. The van der Waals surface area contributed by atoms with Crippen LogP contribution < -0.4 is 0 Å². The van der Waals surface area contributed by atoms with E-state index >= 15 is 0 Å². The molecule has 0 bridgehead atoms. The van der Waals surface area contributed by atoms with Crippen LogP contribution in [0.2, 0.25) is 0 Å². The Labute approximate surface area is 543 Å². The van der Waals surface area contributed by atoms with E-state index in [1.54, 1.807) is 0 Å². The molecular formula is C78H46N18. The Hall–Kier alpha value is -13.7. The second kappa shape index (κ2) is 19.9. The first kappa shape index (κ1) is 51.9. The van der Waals surface area contributed by atoms with Gasteiger partial charge in [0.25, 0.3) is 0 Å². The summed E-state index contributed by atoms with van der Waals surface area (Å²) in [5.74, 6) is 0. The van der Waals surface area contributed by atoms with Crippen LogP contribution in [0.15, 0.2) is 280 Å². The van der Waals surface area contributed by atoms with Gasteiger partial charge in [-0.25, -0.2) is 37.5 Å². The average Bonchev–Trinajstić information content (AvgIpc) is 1.17. The maximum absolute atomic E-state index is 5.79. The van der Waals surface area contributed by atoms with E-state index in [9.17, 15) is 0 Å². The monoisotopic (exact) mass is 1230 g/mol. The van der Waals surface area contributed by atoms with Crippen LogP contribution in [-0.4, -0.2) is 88.2 Å². The van der Waals surface area contributed by atoms with Gasteiger partial charge in [-0.05, 0) is 60.7 Å². The van der Waals surface area contributed by atoms with Crippen LogP contribution in [0.3, 0.4) is 0 Å². The number of pyridine rings is 2. The second-order valence-corrected chi connectivity index (χ2v) is 24.1. The number of rotatable bonds is 8. The normalized spacial score (nSPS) is 12.2. The third-order valence-corrected chi connectivity index (χ3v) is 18.6. The molecule has 1 aliphatic carbocycles. The topological polar surface area (TPSA) is 168 Å². The zero-order chi connectivity index (χ0) is 62.7. The fraction of sp³-hybridized carbons (Fsp3) is 0. The Morgan fingerprint density at radius 2 is 0.365 bits per heavy atom. The van der Waals surface area contributed by atoms with Crippen molar-refractivity contribution in [3.63, 3.8) is 0 Å². The summed E-state index contributed by atoms with van der Waals surface area (Å²) in [6.07, 6.45) is 20.5. The molecule has 18 heteroatoms. The lowest BCUT2D eigenvalue weighted by atomic mass is 9.80. The molecule has 21 rings (SSSR count). The summed E-state index contributed by atoms with van der Waals surface area (Å²) in [4.78, 5) is 11.6. The summed E-state index contributed by atoms with van der Waals surface area (Å²) >= 11 is 0. The lowest BCUT2D eigenvalue weighted by molar-refractivity contribution is 0.789. The molecule has 0 aliphatic heterocycles. The van der Waals surface area contributed by atoms with Crippen molar-refractivity contribution in [2.45, 2.75) is 0 Å². The Kier molecular flexibility index (Phi) is 10.8. The van der Waals surface area contributed by atoms with Crippen LogP contribution in [-0.2, 0) is 0 Å². The maximum atomic E-state index is 5.79. The van der Waals surface area contributed by atoms with Crippen molar-refractivity contribution in [1.29, 1.82) is 0 Å². The minimum absolute atomic E-state index is 0.606. The molecule has 10 aromatic carbocycles. The summed E-state index contributed by atoms with van der Waals surface area (Å²) in [6.45, 7) is 0. The van der Waals surface area contributed by atoms with Crippen molar-refractivity contribution in [1.82, 2.24) is 88.2 Å². The quantitative estimate of drug-likeness (QED) is 0.143. The highest BCUT2D eigenvalue weighted by Crippen LogP contribution is 2.58. The maximum Gasteiger partial charge on any atom is 0.119 e. The molecule has 448 valence electrons. The van der Waals surface area contributed by atoms with Crippen LogP contribution in [0.4, 0.5) is 0 Å². The Bertz CT molecular complexity index is 5580. The number of hydrogen-bond acceptors (Lipinski definition) is 10. The van der Waals surface area contributed by atoms with E-state index in [2.05, 4.69) is 110 Å². The van der Waals surface area contributed by atoms with Crippen molar-refractivity contribution in [3.8, 4) is 90.3 Å². The molecule has 0 atom stereocenters. The third kappa shape index (κ3) is 7.68. The number of aromatic nitrogens is 18. The fourth-order valence-corrected chi connectivity index (χ4v) is 14.4. The summed E-state index contributed by atoms with van der Waals surface area (Å²) in [7, 11) is 0. The minimum atomic E-state index is 0.606. The molecule has 0 fully saturated rings. The first-order valence-corrected chi connectivity index (χ1v) is 31.5. The first-order chi connectivity index (χ1) is 47.6. The lowest BCUT2D eigenvalue weighted by Crippen LogP contribution is -2.20. The number of fused-ring (bicyclic) bond motifs is 16. The number of benzene rings is 10. The molecule has 0 radical (unpaired) electrons. The highest BCUT2D eigenvalue weighted by molar-refractivity contribution is 6.14. The van der Waals surface area contributed by atoms with Gasteiger partial charge in [-0.15, -0.1) is 0 Å². The van der Waals surface area contributed by atoms with E-state index in [1.165, 1.54) is 0 Å². The minimum Gasteiger partial charge on any atom is -0.255 e. The number of hydrogen-bond donors (Lipinski definition) is 0. The Balaban J connectivity index is 1.05. The molecule has 10 heterocycles. The van der Waals surface area contributed by atoms with E-state index in [0.29, 0.717) is 68.0 Å². The molecule has 10 aromatic heterocycles. The molecule has 0 amide bonds. The Morgan fingerprint density at radius 1 is 0.177 bits per heavy atom. The summed E-state index contributed by atoms with van der Waals surface area (Å²) in [6, 6.07) is 74.0. The van der Waals surface area contributed by atoms with Crippen LogP contribution in [0, 0.1) is 0 Å². The largest absolute Gasteiger partial charge is 0.255 e. The first-order valence-electron chi connectivity index (χ1n) is 31.5. The van der Waals surface area contributed by atoms with E-state index in [1.807, 2.05) is 208 Å². The van der Waals surface area contributed by atoms with Gasteiger partial charge in [0.15, 0.2) is 0 Å². The van der Waals surface area contributed by atoms with Gasteiger partial charge in [-0.2, -0.15) is 40.8 Å². The van der Waals surface area contributed by atoms with Gasteiger partial charge < -0.3 is 0 Å². The zero-order valence-corrected chi connectivity index (χ0v) is 50.6. The molecule has 0 unspecified atom stereocenters. The summed E-state index contributed by atoms with van der Waals surface area (Å²) in [5, 5.41) is 52.1. The fourth-order valence-electron chi connectivity index (χ4n) is 14.4. The van der Waals surface area contributed by atoms with Crippen LogP contribution in [0.25, 0.3) is 177 Å². The third-order valence-electron chi connectivity index (χ3n) is 18.6. The molecule has 0 saturated carbocycles. The average molecular weight is 1240 g/mol. The van der Waals surface area contributed by atoms with Gasteiger partial charge in [0.05, 0.1) is 55.5 Å². The predicted octanol–water partition coefficient (Wildman–Crippen LogP) is 16.2. The van der Waals surface area contributed by atoms with Crippen molar-refractivity contribution in [3.05, 3.63) is 280 Å². The summed E-state index contributed by atoms with van der Waals surface area (Å²) < 4.78 is 16.0. The van der Waals surface area contributed by atoms with Crippen molar-refractivity contribution < 1.29 is 0 Å². The van der Waals surface area contributed by atoms with E-state index < -0.39 is 0 Å². The van der Waals surface area contributed by atoms with Crippen molar-refractivity contribution in [2.75, 3.05) is 0 Å². The van der Waals surface area contributed by atoms with Crippen molar-refractivity contribution in [2.24, 2.45) is 0 Å². The molecule has 18 nitrogen and oxygen atoms in total. The predicted molar refractivity (Wildman–Crippen MR) is 374 cm³/mol. The lowest BCUT2D eigenvalue weighted by Gasteiger charge is -2.32. The smallest absolute Gasteiger partial charge is 0.119 e.